The van der Waals surface area contributed by atoms with Gasteiger partial charge in [0, 0.05) is 41.3 Å². The molecule has 0 bridgehead atoms. The zero-order chi connectivity index (χ0) is 14.9. The number of hydrogen-bond acceptors (Lipinski definition) is 3. The SMILES string of the molecule is OCC1(CNC2CCc3c(Cl)cc(Cl)cc32)CCOCC1. The average molecular weight is 330 g/mol. The van der Waals surface area contributed by atoms with E-state index >= 15 is 0 Å². The van der Waals surface area contributed by atoms with Crippen LogP contribution in [0.2, 0.25) is 10.0 Å². The number of fused-ring (bicyclic) bond motifs is 1. The predicted molar refractivity (Wildman–Crippen MR) is 85.1 cm³/mol. The lowest BCUT2D eigenvalue weighted by molar-refractivity contribution is -0.0165. The molecule has 1 atom stereocenters. The Kier molecular flexibility index (Phi) is 4.77. The van der Waals surface area contributed by atoms with Crippen LogP contribution in [-0.4, -0.2) is 31.5 Å². The molecule has 0 spiro atoms. The smallest absolute Gasteiger partial charge is 0.0501 e. The summed E-state index contributed by atoms with van der Waals surface area (Å²) in [5, 5.41) is 14.8. The fraction of sp³-hybridized carbons (Fsp3) is 0.625. The second kappa shape index (κ2) is 6.43. The van der Waals surface area contributed by atoms with Crippen LogP contribution in [-0.2, 0) is 11.2 Å². The van der Waals surface area contributed by atoms with Gasteiger partial charge in [0.05, 0.1) is 6.61 Å². The second-order valence-corrected chi connectivity index (χ2v) is 7.04. The molecule has 1 aromatic rings. The molecule has 1 aliphatic heterocycles. The van der Waals surface area contributed by atoms with Crippen molar-refractivity contribution < 1.29 is 9.84 Å². The largest absolute Gasteiger partial charge is 0.396 e. The second-order valence-electron chi connectivity index (χ2n) is 6.20. The Morgan fingerprint density at radius 2 is 2.05 bits per heavy atom. The van der Waals surface area contributed by atoms with Crippen molar-refractivity contribution in [3.8, 4) is 0 Å². The Morgan fingerprint density at radius 1 is 1.29 bits per heavy atom. The minimum absolute atomic E-state index is 0.0522. The van der Waals surface area contributed by atoms with E-state index in [-0.39, 0.29) is 18.1 Å². The molecule has 1 saturated heterocycles. The third-order valence-electron chi connectivity index (χ3n) is 4.87. The van der Waals surface area contributed by atoms with Gasteiger partial charge < -0.3 is 15.2 Å². The maximum Gasteiger partial charge on any atom is 0.0501 e. The lowest BCUT2D eigenvalue weighted by Crippen LogP contribution is -2.42. The lowest BCUT2D eigenvalue weighted by Gasteiger charge is -2.36. The summed E-state index contributed by atoms with van der Waals surface area (Å²) in [6.07, 6.45) is 3.84. The molecule has 1 unspecified atom stereocenters. The molecular weight excluding hydrogens is 309 g/mol. The van der Waals surface area contributed by atoms with Crippen LogP contribution in [0, 0.1) is 5.41 Å². The fourth-order valence-corrected chi connectivity index (χ4v) is 3.99. The van der Waals surface area contributed by atoms with Gasteiger partial charge >= 0.3 is 0 Å². The molecule has 21 heavy (non-hydrogen) atoms. The van der Waals surface area contributed by atoms with Crippen LogP contribution < -0.4 is 5.32 Å². The zero-order valence-corrected chi connectivity index (χ0v) is 13.5. The molecule has 116 valence electrons. The number of halogens is 2. The van der Waals surface area contributed by atoms with Gasteiger partial charge in [-0.3, -0.25) is 0 Å². The number of aliphatic hydroxyl groups excluding tert-OH is 1. The average Bonchev–Trinajstić information content (AvgIpc) is 2.89. The van der Waals surface area contributed by atoms with E-state index in [0.29, 0.717) is 5.02 Å². The van der Waals surface area contributed by atoms with Crippen molar-refractivity contribution in [3.63, 3.8) is 0 Å². The van der Waals surface area contributed by atoms with Crippen molar-refractivity contribution in [2.24, 2.45) is 5.41 Å². The van der Waals surface area contributed by atoms with Crippen molar-refractivity contribution in [2.75, 3.05) is 26.4 Å². The molecule has 2 aliphatic rings. The summed E-state index contributed by atoms with van der Waals surface area (Å²) in [6, 6.07) is 4.11. The highest BCUT2D eigenvalue weighted by Crippen LogP contribution is 2.39. The van der Waals surface area contributed by atoms with Crippen LogP contribution in [0.1, 0.15) is 36.4 Å². The number of ether oxygens (including phenoxy) is 1. The van der Waals surface area contributed by atoms with Crippen LogP contribution >= 0.6 is 23.2 Å². The molecule has 5 heteroatoms. The Labute approximate surface area is 135 Å². The highest BCUT2D eigenvalue weighted by molar-refractivity contribution is 6.35. The summed E-state index contributed by atoms with van der Waals surface area (Å²) in [5.41, 5.74) is 2.37. The van der Waals surface area contributed by atoms with Gasteiger partial charge in [-0.2, -0.15) is 0 Å². The summed E-state index contributed by atoms with van der Waals surface area (Å²) < 4.78 is 5.41. The zero-order valence-electron chi connectivity index (χ0n) is 12.0. The van der Waals surface area contributed by atoms with Crippen molar-refractivity contribution in [2.45, 2.75) is 31.7 Å². The van der Waals surface area contributed by atoms with Crippen molar-refractivity contribution >= 4 is 23.2 Å². The number of benzene rings is 1. The first kappa shape index (κ1) is 15.6. The maximum absolute atomic E-state index is 9.76. The normalized spacial score (nSPS) is 24.0. The minimum atomic E-state index is -0.0522. The van der Waals surface area contributed by atoms with Gasteiger partial charge in [-0.15, -0.1) is 0 Å². The summed E-state index contributed by atoms with van der Waals surface area (Å²) in [4.78, 5) is 0. The van der Waals surface area contributed by atoms with Crippen LogP contribution in [0.3, 0.4) is 0 Å². The monoisotopic (exact) mass is 329 g/mol. The molecular formula is C16H21Cl2NO2. The molecule has 0 saturated carbocycles. The van der Waals surface area contributed by atoms with Gasteiger partial charge in [0.25, 0.3) is 0 Å². The third kappa shape index (κ3) is 3.22. The Morgan fingerprint density at radius 3 is 2.76 bits per heavy atom. The molecule has 3 rings (SSSR count). The molecule has 1 aromatic carbocycles. The molecule has 0 radical (unpaired) electrons. The van der Waals surface area contributed by atoms with E-state index in [2.05, 4.69) is 5.32 Å². The van der Waals surface area contributed by atoms with Gasteiger partial charge in [0.1, 0.15) is 0 Å². The highest BCUT2D eigenvalue weighted by atomic mass is 35.5. The van der Waals surface area contributed by atoms with Gasteiger partial charge in [0.2, 0.25) is 0 Å². The lowest BCUT2D eigenvalue weighted by atomic mass is 9.80. The van der Waals surface area contributed by atoms with E-state index in [1.165, 1.54) is 11.1 Å². The van der Waals surface area contributed by atoms with E-state index in [1.54, 1.807) is 0 Å². The van der Waals surface area contributed by atoms with Crippen molar-refractivity contribution in [1.82, 2.24) is 5.32 Å². The van der Waals surface area contributed by atoms with Crippen LogP contribution in [0.25, 0.3) is 0 Å². The molecule has 2 N–H and O–H groups in total. The highest BCUT2D eigenvalue weighted by Gasteiger charge is 2.34. The van der Waals surface area contributed by atoms with Gasteiger partial charge in [-0.05, 0) is 48.9 Å². The van der Waals surface area contributed by atoms with E-state index in [1.807, 2.05) is 12.1 Å². The molecule has 3 nitrogen and oxygen atoms in total. The van der Waals surface area contributed by atoms with Crippen molar-refractivity contribution in [1.29, 1.82) is 0 Å². The minimum Gasteiger partial charge on any atom is -0.396 e. The number of aliphatic hydroxyl groups is 1. The van der Waals surface area contributed by atoms with Crippen LogP contribution in [0.15, 0.2) is 12.1 Å². The quantitative estimate of drug-likeness (QED) is 0.889. The Bertz CT molecular complexity index is 515. The van der Waals surface area contributed by atoms with Crippen LogP contribution in [0.4, 0.5) is 0 Å². The first-order chi connectivity index (χ1) is 10.1. The summed E-state index contributed by atoms with van der Waals surface area (Å²) in [6.45, 7) is 2.49. The third-order valence-corrected chi connectivity index (χ3v) is 5.42. The van der Waals surface area contributed by atoms with Crippen molar-refractivity contribution in [3.05, 3.63) is 33.3 Å². The predicted octanol–water partition coefficient (Wildman–Crippen LogP) is 3.36. The standard InChI is InChI=1S/C16H21Cl2NO2/c17-11-7-13-12(14(18)8-11)1-2-15(13)19-9-16(10-20)3-5-21-6-4-16/h7-8,15,19-20H,1-6,9-10H2. The van der Waals surface area contributed by atoms with E-state index in [9.17, 15) is 5.11 Å². The van der Waals surface area contributed by atoms with Gasteiger partial charge in [-0.1, -0.05) is 23.2 Å². The number of hydrogen-bond donors (Lipinski definition) is 2. The van der Waals surface area contributed by atoms with E-state index < -0.39 is 0 Å². The van der Waals surface area contributed by atoms with E-state index in [0.717, 1.165) is 50.5 Å². The summed E-state index contributed by atoms with van der Waals surface area (Å²) in [7, 11) is 0. The first-order valence-corrected chi connectivity index (χ1v) is 8.29. The molecule has 1 fully saturated rings. The van der Waals surface area contributed by atoms with Crippen LogP contribution in [0.5, 0.6) is 0 Å². The summed E-state index contributed by atoms with van der Waals surface area (Å²) >= 11 is 12.4. The van der Waals surface area contributed by atoms with E-state index in [4.69, 9.17) is 27.9 Å². The molecule has 1 aliphatic carbocycles. The molecule has 1 heterocycles. The topological polar surface area (TPSA) is 41.5 Å². The summed E-state index contributed by atoms with van der Waals surface area (Å²) in [5.74, 6) is 0. The molecule has 0 aromatic heterocycles. The first-order valence-electron chi connectivity index (χ1n) is 7.53. The Hall–Kier alpha value is -0.320. The van der Waals surface area contributed by atoms with Gasteiger partial charge in [-0.25, -0.2) is 0 Å². The molecule has 0 amide bonds. The van der Waals surface area contributed by atoms with Gasteiger partial charge in [0.15, 0.2) is 0 Å². The Balaban J connectivity index is 1.70. The number of nitrogens with one attached hydrogen (secondary N) is 1. The fourth-order valence-electron chi connectivity index (χ4n) is 3.39. The maximum atomic E-state index is 9.76. The number of rotatable bonds is 4.